The molecule has 4 aromatic rings. The Labute approximate surface area is 183 Å². The highest BCUT2D eigenvalue weighted by molar-refractivity contribution is 5.82. The standard InChI is InChI=1S/C28H28N2O/c31-26-11-12-28-24(21-26)13-20-30(28)25-14-17-29(18-15-25)19-16-27(22-7-3-1-4-8-22)23-9-5-2-6-10-23/h1-13,16,20-21,25,31H,14-15,17-19H2. The Morgan fingerprint density at radius 1 is 0.839 bits per heavy atom. The number of likely N-dealkylation sites (tertiary alicyclic amines) is 1. The number of hydrogen-bond acceptors (Lipinski definition) is 2. The van der Waals surface area contributed by atoms with Gasteiger partial charge in [-0.15, -0.1) is 0 Å². The molecule has 31 heavy (non-hydrogen) atoms. The minimum Gasteiger partial charge on any atom is -0.508 e. The first kappa shape index (κ1) is 19.7. The SMILES string of the molecule is Oc1ccc2c(ccn2C2CCN(CC=C(c3ccccc3)c3ccccc3)CC2)c1. The molecule has 0 radical (unpaired) electrons. The number of fused-ring (bicyclic) bond motifs is 1. The molecule has 1 aromatic heterocycles. The minimum atomic E-state index is 0.333. The monoisotopic (exact) mass is 408 g/mol. The summed E-state index contributed by atoms with van der Waals surface area (Å²) in [6, 6.07) is 29.7. The van der Waals surface area contributed by atoms with Gasteiger partial charge in [0.05, 0.1) is 0 Å². The summed E-state index contributed by atoms with van der Waals surface area (Å²) in [5.74, 6) is 0.333. The van der Waals surface area contributed by atoms with Gasteiger partial charge in [0.15, 0.2) is 0 Å². The topological polar surface area (TPSA) is 28.4 Å². The zero-order chi connectivity index (χ0) is 21.0. The fourth-order valence-corrected chi connectivity index (χ4v) is 4.71. The molecule has 0 bridgehead atoms. The van der Waals surface area contributed by atoms with Crippen LogP contribution >= 0.6 is 0 Å². The fraction of sp³-hybridized carbons (Fsp3) is 0.214. The maximum Gasteiger partial charge on any atom is 0.116 e. The predicted octanol–water partition coefficient (Wildman–Crippen LogP) is 6.12. The van der Waals surface area contributed by atoms with Gasteiger partial charge in [-0.05, 0) is 53.8 Å². The summed E-state index contributed by atoms with van der Waals surface area (Å²) in [6.45, 7) is 3.15. The molecule has 5 rings (SSSR count). The lowest BCUT2D eigenvalue weighted by molar-refractivity contribution is 0.205. The van der Waals surface area contributed by atoms with Crippen LogP contribution in [-0.4, -0.2) is 34.2 Å². The molecule has 1 N–H and O–H groups in total. The van der Waals surface area contributed by atoms with Crippen LogP contribution < -0.4 is 0 Å². The van der Waals surface area contributed by atoms with Crippen molar-refractivity contribution in [2.24, 2.45) is 0 Å². The number of phenolic OH excluding ortho intramolecular Hbond substituents is 1. The first-order valence-corrected chi connectivity index (χ1v) is 11.1. The Balaban J connectivity index is 1.29. The van der Waals surface area contributed by atoms with Crippen LogP contribution in [0.5, 0.6) is 5.75 Å². The molecule has 3 aromatic carbocycles. The third kappa shape index (κ3) is 4.28. The van der Waals surface area contributed by atoms with Crippen molar-refractivity contribution in [3.63, 3.8) is 0 Å². The lowest BCUT2D eigenvalue weighted by Crippen LogP contribution is -2.34. The molecule has 3 heteroatoms. The molecule has 0 saturated carbocycles. The van der Waals surface area contributed by atoms with Gasteiger partial charge in [0.2, 0.25) is 0 Å². The van der Waals surface area contributed by atoms with Crippen LogP contribution in [0, 0.1) is 0 Å². The van der Waals surface area contributed by atoms with Crippen molar-refractivity contribution in [3.05, 3.63) is 108 Å². The molecule has 0 aliphatic carbocycles. The normalized spacial score (nSPS) is 15.2. The van der Waals surface area contributed by atoms with E-state index in [-0.39, 0.29) is 0 Å². The van der Waals surface area contributed by atoms with Crippen molar-refractivity contribution < 1.29 is 5.11 Å². The van der Waals surface area contributed by atoms with E-state index >= 15 is 0 Å². The highest BCUT2D eigenvalue weighted by atomic mass is 16.3. The van der Waals surface area contributed by atoms with Crippen LogP contribution in [0.3, 0.4) is 0 Å². The van der Waals surface area contributed by atoms with E-state index in [1.165, 1.54) is 22.2 Å². The lowest BCUT2D eigenvalue weighted by Gasteiger charge is -2.32. The number of piperidine rings is 1. The second kappa shape index (κ2) is 8.83. The maximum atomic E-state index is 9.73. The summed E-state index contributed by atoms with van der Waals surface area (Å²) in [5.41, 5.74) is 5.06. The molecular formula is C28H28N2O. The Morgan fingerprint density at radius 2 is 1.48 bits per heavy atom. The first-order valence-electron chi connectivity index (χ1n) is 11.1. The van der Waals surface area contributed by atoms with Gasteiger partial charge in [-0.3, -0.25) is 4.90 Å². The second-order valence-electron chi connectivity index (χ2n) is 8.35. The number of aromatic hydroxyl groups is 1. The molecule has 0 amide bonds. The zero-order valence-electron chi connectivity index (χ0n) is 17.7. The van der Waals surface area contributed by atoms with Crippen LogP contribution in [0.4, 0.5) is 0 Å². The lowest BCUT2D eigenvalue weighted by atomic mass is 9.97. The van der Waals surface area contributed by atoms with E-state index in [4.69, 9.17) is 0 Å². The predicted molar refractivity (Wildman–Crippen MR) is 128 cm³/mol. The van der Waals surface area contributed by atoms with Crippen molar-refractivity contribution in [2.45, 2.75) is 18.9 Å². The van der Waals surface area contributed by atoms with Crippen molar-refractivity contribution >= 4 is 16.5 Å². The van der Waals surface area contributed by atoms with E-state index in [1.54, 1.807) is 6.07 Å². The molecule has 1 aliphatic heterocycles. The molecule has 1 aliphatic rings. The van der Waals surface area contributed by atoms with Crippen LogP contribution in [0.1, 0.15) is 30.0 Å². The van der Waals surface area contributed by atoms with Crippen molar-refractivity contribution in [1.29, 1.82) is 0 Å². The molecule has 0 atom stereocenters. The summed E-state index contributed by atoms with van der Waals surface area (Å²) in [5, 5.41) is 10.8. The van der Waals surface area contributed by atoms with Gasteiger partial charge >= 0.3 is 0 Å². The van der Waals surface area contributed by atoms with E-state index < -0.39 is 0 Å². The molecule has 0 spiro atoms. The smallest absolute Gasteiger partial charge is 0.116 e. The molecular weight excluding hydrogens is 380 g/mol. The molecule has 1 saturated heterocycles. The van der Waals surface area contributed by atoms with Gasteiger partial charge in [0, 0.05) is 42.8 Å². The zero-order valence-corrected chi connectivity index (χ0v) is 17.7. The van der Waals surface area contributed by atoms with Crippen LogP contribution in [0.15, 0.2) is 97.2 Å². The summed E-state index contributed by atoms with van der Waals surface area (Å²) < 4.78 is 2.39. The second-order valence-corrected chi connectivity index (χ2v) is 8.35. The maximum absolute atomic E-state index is 9.73. The number of nitrogens with zero attached hydrogens (tertiary/aromatic N) is 2. The average molecular weight is 409 g/mol. The van der Waals surface area contributed by atoms with Gasteiger partial charge in [-0.2, -0.15) is 0 Å². The van der Waals surface area contributed by atoms with Crippen molar-refractivity contribution in [1.82, 2.24) is 9.47 Å². The number of benzene rings is 3. The number of rotatable bonds is 5. The molecule has 2 heterocycles. The quantitative estimate of drug-likeness (QED) is 0.431. The Hall–Kier alpha value is -3.30. The van der Waals surface area contributed by atoms with E-state index in [2.05, 4.69) is 88.5 Å². The number of aromatic nitrogens is 1. The van der Waals surface area contributed by atoms with Crippen LogP contribution in [0.25, 0.3) is 16.5 Å². The highest BCUT2D eigenvalue weighted by Gasteiger charge is 2.21. The average Bonchev–Trinajstić information content (AvgIpc) is 3.24. The summed E-state index contributed by atoms with van der Waals surface area (Å²) >= 11 is 0. The molecule has 3 nitrogen and oxygen atoms in total. The van der Waals surface area contributed by atoms with Gasteiger partial charge in [0.1, 0.15) is 5.75 Å². The molecule has 1 fully saturated rings. The summed E-state index contributed by atoms with van der Waals surface area (Å²) in [6.07, 6.45) is 6.85. The number of phenols is 1. The largest absolute Gasteiger partial charge is 0.508 e. The molecule has 0 unspecified atom stereocenters. The summed E-state index contributed by atoms with van der Waals surface area (Å²) in [7, 11) is 0. The fourth-order valence-electron chi connectivity index (χ4n) is 4.71. The Morgan fingerprint density at radius 3 is 2.13 bits per heavy atom. The van der Waals surface area contributed by atoms with E-state index in [0.29, 0.717) is 11.8 Å². The third-order valence-corrected chi connectivity index (χ3v) is 6.38. The van der Waals surface area contributed by atoms with Crippen molar-refractivity contribution in [3.8, 4) is 5.75 Å². The molecule has 156 valence electrons. The van der Waals surface area contributed by atoms with E-state index in [0.717, 1.165) is 37.9 Å². The first-order chi connectivity index (χ1) is 15.3. The van der Waals surface area contributed by atoms with Crippen LogP contribution in [-0.2, 0) is 0 Å². The highest BCUT2D eigenvalue weighted by Crippen LogP contribution is 2.30. The Kier molecular flexibility index (Phi) is 5.59. The third-order valence-electron chi connectivity index (χ3n) is 6.38. The Bertz CT molecular complexity index is 1130. The summed E-state index contributed by atoms with van der Waals surface area (Å²) in [4.78, 5) is 2.56. The van der Waals surface area contributed by atoms with Crippen LogP contribution in [0.2, 0.25) is 0 Å². The minimum absolute atomic E-state index is 0.333. The van der Waals surface area contributed by atoms with Crippen molar-refractivity contribution in [2.75, 3.05) is 19.6 Å². The number of hydrogen-bond donors (Lipinski definition) is 1. The van der Waals surface area contributed by atoms with Gasteiger partial charge in [0.25, 0.3) is 0 Å². The van der Waals surface area contributed by atoms with E-state index in [9.17, 15) is 5.11 Å². The van der Waals surface area contributed by atoms with Gasteiger partial charge < -0.3 is 9.67 Å². The van der Waals surface area contributed by atoms with Gasteiger partial charge in [-0.1, -0.05) is 66.7 Å². The van der Waals surface area contributed by atoms with Gasteiger partial charge in [-0.25, -0.2) is 0 Å². The van der Waals surface area contributed by atoms with E-state index in [1.807, 2.05) is 12.1 Å².